The largest absolute Gasteiger partial charge is 0.465 e. The van der Waals surface area contributed by atoms with Crippen LogP contribution < -0.4 is 5.32 Å². The lowest BCUT2D eigenvalue weighted by molar-refractivity contribution is -0.116. The Bertz CT molecular complexity index is 948. The van der Waals surface area contributed by atoms with Gasteiger partial charge in [0, 0.05) is 24.1 Å². The molecule has 138 valence electrons. The van der Waals surface area contributed by atoms with Gasteiger partial charge in [-0.25, -0.2) is 9.78 Å². The van der Waals surface area contributed by atoms with Gasteiger partial charge in [0.2, 0.25) is 5.91 Å². The smallest absolute Gasteiger partial charge is 0.337 e. The van der Waals surface area contributed by atoms with E-state index in [1.807, 2.05) is 37.3 Å². The van der Waals surface area contributed by atoms with Crippen molar-refractivity contribution in [1.29, 1.82) is 0 Å². The molecule has 0 aliphatic carbocycles. The van der Waals surface area contributed by atoms with Crippen molar-refractivity contribution >= 4 is 17.6 Å². The van der Waals surface area contributed by atoms with E-state index in [1.54, 1.807) is 24.4 Å². The second kappa shape index (κ2) is 8.31. The molecule has 3 aromatic rings. The fourth-order valence-electron chi connectivity index (χ4n) is 2.60. The van der Waals surface area contributed by atoms with Crippen LogP contribution in [0.25, 0.3) is 11.3 Å². The van der Waals surface area contributed by atoms with Gasteiger partial charge in [-0.1, -0.05) is 36.4 Å². The fraction of sp³-hybridized carbons (Fsp3) is 0.190. The Morgan fingerprint density at radius 3 is 2.67 bits per heavy atom. The maximum absolute atomic E-state index is 12.3. The number of carbonyl (C=O) groups excluding carboxylic acids is 2. The topological polar surface area (TPSA) is 81.4 Å². The van der Waals surface area contributed by atoms with Gasteiger partial charge in [-0.3, -0.25) is 4.79 Å². The van der Waals surface area contributed by atoms with Crippen LogP contribution in [-0.2, 0) is 16.0 Å². The zero-order chi connectivity index (χ0) is 19.2. The number of hydrogen-bond donors (Lipinski definition) is 1. The molecule has 6 heteroatoms. The van der Waals surface area contributed by atoms with Crippen LogP contribution in [-0.4, -0.2) is 24.0 Å². The first-order valence-electron chi connectivity index (χ1n) is 8.56. The molecular weight excluding hydrogens is 344 g/mol. The van der Waals surface area contributed by atoms with Gasteiger partial charge in [0.1, 0.15) is 0 Å². The number of amides is 1. The van der Waals surface area contributed by atoms with Crippen molar-refractivity contribution < 1.29 is 18.7 Å². The molecule has 0 aliphatic rings. The van der Waals surface area contributed by atoms with Crippen molar-refractivity contribution in [2.24, 2.45) is 0 Å². The average molecular weight is 364 g/mol. The highest BCUT2D eigenvalue weighted by atomic mass is 16.5. The predicted molar refractivity (Wildman–Crippen MR) is 101 cm³/mol. The van der Waals surface area contributed by atoms with Crippen molar-refractivity contribution in [1.82, 2.24) is 4.98 Å². The number of carbonyl (C=O) groups is 2. The third kappa shape index (κ3) is 4.61. The van der Waals surface area contributed by atoms with E-state index < -0.39 is 5.97 Å². The van der Waals surface area contributed by atoms with Crippen LogP contribution in [0.2, 0.25) is 0 Å². The van der Waals surface area contributed by atoms with Gasteiger partial charge >= 0.3 is 5.97 Å². The lowest BCUT2D eigenvalue weighted by Gasteiger charge is -2.09. The van der Waals surface area contributed by atoms with Crippen molar-refractivity contribution in [2.75, 3.05) is 12.4 Å². The molecule has 0 saturated carbocycles. The average Bonchev–Trinajstić information content (AvgIpc) is 3.17. The van der Waals surface area contributed by atoms with Crippen LogP contribution in [0, 0.1) is 6.92 Å². The van der Waals surface area contributed by atoms with Gasteiger partial charge in [0.15, 0.2) is 11.7 Å². The summed E-state index contributed by atoms with van der Waals surface area (Å²) in [4.78, 5) is 28.1. The number of oxazole rings is 1. The Hall–Kier alpha value is -3.41. The maximum Gasteiger partial charge on any atom is 0.337 e. The lowest BCUT2D eigenvalue weighted by atomic mass is 10.1. The summed E-state index contributed by atoms with van der Waals surface area (Å²) in [6, 6.07) is 14.7. The minimum Gasteiger partial charge on any atom is -0.465 e. The summed E-state index contributed by atoms with van der Waals surface area (Å²) in [5.74, 6) is 0.551. The number of rotatable bonds is 6. The summed E-state index contributed by atoms with van der Waals surface area (Å²) in [7, 11) is 1.32. The van der Waals surface area contributed by atoms with E-state index in [1.165, 1.54) is 7.11 Å². The van der Waals surface area contributed by atoms with Crippen LogP contribution in [0.4, 0.5) is 5.69 Å². The lowest BCUT2D eigenvalue weighted by Crippen LogP contribution is -2.14. The van der Waals surface area contributed by atoms with Gasteiger partial charge in [-0.05, 0) is 24.6 Å². The number of nitrogens with one attached hydrogen (secondary N) is 1. The van der Waals surface area contributed by atoms with E-state index in [2.05, 4.69) is 10.3 Å². The van der Waals surface area contributed by atoms with Crippen LogP contribution in [0.5, 0.6) is 0 Å². The molecule has 0 atom stereocenters. The molecule has 27 heavy (non-hydrogen) atoms. The van der Waals surface area contributed by atoms with E-state index in [9.17, 15) is 9.59 Å². The third-order valence-corrected chi connectivity index (χ3v) is 4.11. The second-order valence-electron chi connectivity index (χ2n) is 6.05. The van der Waals surface area contributed by atoms with Gasteiger partial charge in [0.25, 0.3) is 0 Å². The number of anilines is 1. The summed E-state index contributed by atoms with van der Waals surface area (Å²) in [6.07, 6.45) is 2.26. The number of benzene rings is 2. The Labute approximate surface area is 157 Å². The van der Waals surface area contributed by atoms with Crippen molar-refractivity contribution in [3.05, 3.63) is 71.7 Å². The first kappa shape index (κ1) is 18.4. The molecule has 0 spiro atoms. The minimum absolute atomic E-state index is 0.181. The minimum atomic E-state index is -0.446. The first-order valence-corrected chi connectivity index (χ1v) is 8.56. The molecule has 0 fully saturated rings. The monoisotopic (exact) mass is 364 g/mol. The molecule has 6 nitrogen and oxygen atoms in total. The quantitative estimate of drug-likeness (QED) is 0.669. The number of esters is 1. The van der Waals surface area contributed by atoms with Crippen molar-refractivity contribution in [2.45, 2.75) is 19.8 Å². The van der Waals surface area contributed by atoms with Crippen LogP contribution in [0.1, 0.15) is 28.2 Å². The summed E-state index contributed by atoms with van der Waals surface area (Å²) in [6.45, 7) is 1.86. The molecule has 1 N–H and O–H groups in total. The standard InChI is InChI=1S/C21H20N2O4/c1-14-8-9-16(21(25)26-2)12-17(14)23-19(24)10-11-20-22-13-18(27-20)15-6-4-3-5-7-15/h3-9,12-13H,10-11H2,1-2H3,(H,23,24). The number of aromatic nitrogens is 1. The Morgan fingerprint density at radius 2 is 1.93 bits per heavy atom. The van der Waals surface area contributed by atoms with Crippen molar-refractivity contribution in [3.8, 4) is 11.3 Å². The molecule has 3 rings (SSSR count). The third-order valence-electron chi connectivity index (χ3n) is 4.11. The number of aryl methyl sites for hydroxylation is 2. The summed E-state index contributed by atoms with van der Waals surface area (Å²) in [5, 5.41) is 2.82. The second-order valence-corrected chi connectivity index (χ2v) is 6.05. The van der Waals surface area contributed by atoms with Gasteiger partial charge in [-0.15, -0.1) is 0 Å². The number of hydrogen-bond acceptors (Lipinski definition) is 5. The van der Waals surface area contributed by atoms with E-state index >= 15 is 0 Å². The Balaban J connectivity index is 1.61. The highest BCUT2D eigenvalue weighted by Gasteiger charge is 2.12. The summed E-state index contributed by atoms with van der Waals surface area (Å²) < 4.78 is 10.4. The number of nitrogens with zero attached hydrogens (tertiary/aromatic N) is 1. The van der Waals surface area contributed by atoms with Crippen LogP contribution in [0.3, 0.4) is 0 Å². The van der Waals surface area contributed by atoms with Gasteiger partial charge in [-0.2, -0.15) is 0 Å². The molecule has 0 bridgehead atoms. The molecular formula is C21H20N2O4. The Kier molecular flexibility index (Phi) is 5.66. The van der Waals surface area contributed by atoms with E-state index in [4.69, 9.17) is 9.15 Å². The zero-order valence-corrected chi connectivity index (χ0v) is 15.2. The molecule has 0 aliphatic heterocycles. The normalized spacial score (nSPS) is 10.4. The van der Waals surface area contributed by atoms with Crippen LogP contribution in [0.15, 0.2) is 59.1 Å². The zero-order valence-electron chi connectivity index (χ0n) is 15.2. The van der Waals surface area contributed by atoms with Crippen LogP contribution >= 0.6 is 0 Å². The highest BCUT2D eigenvalue weighted by molar-refractivity contribution is 5.95. The SMILES string of the molecule is COC(=O)c1ccc(C)c(NC(=O)CCc2ncc(-c3ccccc3)o2)c1. The fourth-order valence-corrected chi connectivity index (χ4v) is 2.60. The highest BCUT2D eigenvalue weighted by Crippen LogP contribution is 2.21. The van der Waals surface area contributed by atoms with Gasteiger partial charge in [0.05, 0.1) is 18.9 Å². The molecule has 1 amide bonds. The van der Waals surface area contributed by atoms with E-state index in [0.717, 1.165) is 11.1 Å². The summed E-state index contributed by atoms with van der Waals surface area (Å²) >= 11 is 0. The van der Waals surface area contributed by atoms with Gasteiger partial charge < -0.3 is 14.5 Å². The molecule has 1 heterocycles. The number of ether oxygens (including phenoxy) is 1. The van der Waals surface area contributed by atoms with Crippen molar-refractivity contribution in [3.63, 3.8) is 0 Å². The number of methoxy groups -OCH3 is 1. The summed E-state index contributed by atoms with van der Waals surface area (Å²) in [5.41, 5.74) is 2.77. The molecule has 0 radical (unpaired) electrons. The Morgan fingerprint density at radius 1 is 1.15 bits per heavy atom. The predicted octanol–water partition coefficient (Wildman–Crippen LogP) is 4.01. The molecule has 2 aromatic carbocycles. The first-order chi connectivity index (χ1) is 13.1. The molecule has 0 saturated heterocycles. The van der Waals surface area contributed by atoms with E-state index in [-0.39, 0.29) is 12.3 Å². The molecule has 0 unspecified atom stereocenters. The van der Waals surface area contributed by atoms with E-state index in [0.29, 0.717) is 29.3 Å². The maximum atomic E-state index is 12.3. The molecule has 1 aromatic heterocycles.